The van der Waals surface area contributed by atoms with E-state index in [0.29, 0.717) is 12.1 Å². The normalized spacial score (nSPS) is 18.9. The first-order valence-electron chi connectivity index (χ1n) is 5.87. The lowest BCUT2D eigenvalue weighted by molar-refractivity contribution is -0.256. The average molecular weight is 299 g/mol. The molecule has 0 aromatic heterocycles. The van der Waals surface area contributed by atoms with Gasteiger partial charge in [0.15, 0.2) is 17.4 Å². The maximum atomic E-state index is 13.5. The van der Waals surface area contributed by atoms with Crippen molar-refractivity contribution < 1.29 is 31.1 Å². The second-order valence-corrected chi connectivity index (χ2v) is 4.52. The fraction of sp³-hybridized carbons (Fsp3) is 0.500. The van der Waals surface area contributed by atoms with Crippen LogP contribution in [0.3, 0.4) is 0 Å². The molecule has 8 heteroatoms. The summed E-state index contributed by atoms with van der Waals surface area (Å²) in [5, 5.41) is 2.72. The van der Waals surface area contributed by atoms with E-state index in [1.54, 1.807) is 0 Å². The minimum Gasteiger partial charge on any atom is -0.474 e. The van der Waals surface area contributed by atoms with Crippen LogP contribution in [0.25, 0.3) is 0 Å². The third kappa shape index (κ3) is 2.56. The van der Waals surface area contributed by atoms with Crippen LogP contribution in [0, 0.1) is 17.5 Å². The Morgan fingerprint density at radius 3 is 2.15 bits per heavy atom. The molecule has 0 saturated carbocycles. The molecule has 2 nitrogen and oxygen atoms in total. The maximum absolute atomic E-state index is 13.5. The van der Waals surface area contributed by atoms with Gasteiger partial charge in [0.1, 0.15) is 0 Å². The van der Waals surface area contributed by atoms with E-state index in [1.165, 1.54) is 0 Å². The molecule has 1 fully saturated rings. The number of halogens is 6. The van der Waals surface area contributed by atoms with E-state index in [9.17, 15) is 26.3 Å². The summed E-state index contributed by atoms with van der Waals surface area (Å²) in [5.41, 5.74) is -2.59. The zero-order chi connectivity index (χ0) is 15.0. The quantitative estimate of drug-likeness (QED) is 0.669. The molecular formula is C12H11F6NO. The summed E-state index contributed by atoms with van der Waals surface area (Å²) in [7, 11) is 0. The van der Waals surface area contributed by atoms with Crippen LogP contribution >= 0.6 is 0 Å². The molecule has 112 valence electrons. The highest BCUT2D eigenvalue weighted by Gasteiger charge is 2.57. The highest BCUT2D eigenvalue weighted by molar-refractivity contribution is 5.27. The first-order chi connectivity index (χ1) is 9.27. The van der Waals surface area contributed by atoms with Crippen molar-refractivity contribution in [3.05, 3.63) is 29.6 Å². The van der Waals surface area contributed by atoms with Gasteiger partial charge in [-0.1, -0.05) is 0 Å². The van der Waals surface area contributed by atoms with Crippen molar-refractivity contribution in [3.8, 4) is 5.75 Å². The van der Waals surface area contributed by atoms with Crippen LogP contribution in [0.1, 0.15) is 12.8 Å². The van der Waals surface area contributed by atoms with Crippen molar-refractivity contribution in [2.45, 2.75) is 24.6 Å². The molecule has 2 rings (SSSR count). The smallest absolute Gasteiger partial charge is 0.428 e. The third-order valence-corrected chi connectivity index (χ3v) is 3.23. The van der Waals surface area contributed by atoms with Crippen molar-refractivity contribution in [1.29, 1.82) is 0 Å². The zero-order valence-electron chi connectivity index (χ0n) is 10.2. The Hall–Kier alpha value is -1.44. The molecule has 0 radical (unpaired) electrons. The Morgan fingerprint density at radius 2 is 1.60 bits per heavy atom. The number of hydrogen-bond acceptors (Lipinski definition) is 2. The number of hydrogen-bond donors (Lipinski definition) is 1. The molecule has 1 saturated heterocycles. The summed E-state index contributed by atoms with van der Waals surface area (Å²) in [4.78, 5) is 0. The fourth-order valence-corrected chi connectivity index (χ4v) is 2.07. The van der Waals surface area contributed by atoms with E-state index >= 15 is 0 Å². The first-order valence-corrected chi connectivity index (χ1v) is 5.87. The lowest BCUT2D eigenvalue weighted by Gasteiger charge is -2.39. The van der Waals surface area contributed by atoms with Gasteiger partial charge >= 0.3 is 6.18 Å². The van der Waals surface area contributed by atoms with Gasteiger partial charge in [-0.2, -0.15) is 17.6 Å². The Morgan fingerprint density at radius 1 is 1.00 bits per heavy atom. The summed E-state index contributed by atoms with van der Waals surface area (Å²) in [5.74, 6) is -6.04. The van der Waals surface area contributed by atoms with Crippen molar-refractivity contribution in [1.82, 2.24) is 5.32 Å². The van der Waals surface area contributed by atoms with E-state index < -0.39 is 47.8 Å². The van der Waals surface area contributed by atoms with E-state index in [0.717, 1.165) is 0 Å². The molecule has 1 N–H and O–H groups in total. The average Bonchev–Trinajstić information content (AvgIpc) is 2.39. The Kier molecular flexibility index (Phi) is 3.86. The van der Waals surface area contributed by atoms with Crippen LogP contribution in [-0.4, -0.2) is 24.9 Å². The summed E-state index contributed by atoms with van der Waals surface area (Å²) >= 11 is 0. The monoisotopic (exact) mass is 299 g/mol. The molecule has 0 amide bonds. The summed E-state index contributed by atoms with van der Waals surface area (Å²) in [6.07, 6.45) is -5.61. The molecule has 0 aliphatic carbocycles. The van der Waals surface area contributed by atoms with Gasteiger partial charge in [0.2, 0.25) is 11.4 Å². The Balaban J connectivity index is 2.36. The van der Waals surface area contributed by atoms with Gasteiger partial charge in [0.25, 0.3) is 0 Å². The molecule has 0 atom stereocenters. The molecule has 0 bridgehead atoms. The predicted octanol–water partition coefficient (Wildman–Crippen LogP) is 3.17. The summed E-state index contributed by atoms with van der Waals surface area (Å²) < 4.78 is 83.4. The van der Waals surface area contributed by atoms with Gasteiger partial charge in [0.05, 0.1) is 0 Å². The van der Waals surface area contributed by atoms with Gasteiger partial charge in [-0.3, -0.25) is 0 Å². The fourth-order valence-electron chi connectivity index (χ4n) is 2.07. The van der Waals surface area contributed by atoms with E-state index in [1.807, 2.05) is 0 Å². The minimum absolute atomic E-state index is 0.0325. The number of rotatable bonds is 2. The topological polar surface area (TPSA) is 21.3 Å². The third-order valence-electron chi connectivity index (χ3n) is 3.23. The zero-order valence-corrected chi connectivity index (χ0v) is 10.2. The van der Waals surface area contributed by atoms with Gasteiger partial charge in [-0.05, 0) is 25.2 Å². The number of ether oxygens (including phenoxy) is 1. The lowest BCUT2D eigenvalue weighted by atomic mass is 9.91. The van der Waals surface area contributed by atoms with E-state index in [-0.39, 0.29) is 13.1 Å². The largest absolute Gasteiger partial charge is 0.474 e. The van der Waals surface area contributed by atoms with Crippen molar-refractivity contribution >= 4 is 0 Å². The van der Waals surface area contributed by atoms with Crippen molar-refractivity contribution in [3.63, 3.8) is 0 Å². The van der Waals surface area contributed by atoms with E-state index in [2.05, 4.69) is 5.32 Å². The number of benzene rings is 1. The SMILES string of the molecule is Fc1ccc(OC2(C(F)(F)F)CCNCC2)c(F)c1F. The van der Waals surface area contributed by atoms with Crippen LogP contribution < -0.4 is 10.1 Å². The number of nitrogens with one attached hydrogen (secondary N) is 1. The van der Waals surface area contributed by atoms with Crippen LogP contribution in [0.15, 0.2) is 12.1 Å². The number of alkyl halides is 3. The van der Waals surface area contributed by atoms with Gasteiger partial charge < -0.3 is 10.1 Å². The van der Waals surface area contributed by atoms with Gasteiger partial charge in [-0.25, -0.2) is 8.78 Å². The van der Waals surface area contributed by atoms with E-state index in [4.69, 9.17) is 4.74 Å². The predicted molar refractivity (Wildman–Crippen MR) is 57.8 cm³/mol. The molecule has 1 heterocycles. The molecule has 1 aliphatic heterocycles. The van der Waals surface area contributed by atoms with Crippen LogP contribution in [0.5, 0.6) is 5.75 Å². The van der Waals surface area contributed by atoms with Crippen LogP contribution in [0.4, 0.5) is 26.3 Å². The molecule has 1 aromatic rings. The van der Waals surface area contributed by atoms with Gasteiger partial charge in [-0.15, -0.1) is 0 Å². The molecule has 1 aliphatic rings. The number of piperidine rings is 1. The van der Waals surface area contributed by atoms with Gasteiger partial charge in [0, 0.05) is 12.8 Å². The summed E-state index contributed by atoms with van der Waals surface area (Å²) in [6, 6.07) is 1.18. The molecule has 1 aromatic carbocycles. The summed E-state index contributed by atoms with van der Waals surface area (Å²) in [6.45, 7) is 0.0651. The maximum Gasteiger partial charge on any atom is 0.428 e. The highest BCUT2D eigenvalue weighted by atomic mass is 19.4. The lowest BCUT2D eigenvalue weighted by Crippen LogP contribution is -2.56. The molecule has 0 spiro atoms. The standard InChI is InChI=1S/C12H11F6NO/c13-7-1-2-8(10(15)9(7)14)20-11(12(16,17)18)3-5-19-6-4-11/h1-2,19H,3-6H2. The molecule has 20 heavy (non-hydrogen) atoms. The Bertz CT molecular complexity index is 495. The van der Waals surface area contributed by atoms with Crippen LogP contribution in [0.2, 0.25) is 0 Å². The highest BCUT2D eigenvalue weighted by Crippen LogP contribution is 2.41. The second kappa shape index (κ2) is 5.16. The Labute approximate surface area is 110 Å². The van der Waals surface area contributed by atoms with Crippen molar-refractivity contribution in [2.24, 2.45) is 0 Å². The minimum atomic E-state index is -4.74. The molecule has 0 unspecified atom stereocenters. The molecular weight excluding hydrogens is 288 g/mol. The second-order valence-electron chi connectivity index (χ2n) is 4.52. The van der Waals surface area contributed by atoms with Crippen LogP contribution in [-0.2, 0) is 0 Å². The van der Waals surface area contributed by atoms with Crippen molar-refractivity contribution in [2.75, 3.05) is 13.1 Å². The first kappa shape index (κ1) is 15.0.